The number of benzene rings is 1. The molecule has 1 atom stereocenters. The van der Waals surface area contributed by atoms with Crippen LogP contribution in [0, 0.1) is 0 Å². The van der Waals surface area contributed by atoms with Gasteiger partial charge in [-0.3, -0.25) is 9.48 Å². The van der Waals surface area contributed by atoms with Gasteiger partial charge >= 0.3 is 6.43 Å². The molecule has 134 valence electrons. The van der Waals surface area contributed by atoms with Gasteiger partial charge in [0.1, 0.15) is 18.1 Å². The summed E-state index contributed by atoms with van der Waals surface area (Å²) in [4.78, 5) is 16.0. The Morgan fingerprint density at radius 1 is 1.38 bits per heavy atom. The van der Waals surface area contributed by atoms with Gasteiger partial charge < -0.3 is 14.6 Å². The molecule has 1 N–H and O–H groups in total. The van der Waals surface area contributed by atoms with Gasteiger partial charge in [0.05, 0.1) is 6.04 Å². The molecule has 0 saturated carbocycles. The van der Waals surface area contributed by atoms with Crippen LogP contribution in [0.2, 0.25) is 0 Å². The SMILES string of the molecule is Cn1nccc1C(=O)NC1COc2cc(-c3noc(C(F)F)n3)ccc21. The fraction of sp³-hybridized carbons (Fsp3) is 0.250. The van der Waals surface area contributed by atoms with Gasteiger partial charge in [-0.05, 0) is 12.1 Å². The number of amides is 1. The maximum absolute atomic E-state index is 12.6. The zero-order chi connectivity index (χ0) is 18.3. The summed E-state index contributed by atoms with van der Waals surface area (Å²) in [7, 11) is 1.68. The molecule has 0 aliphatic carbocycles. The standard InChI is InChI=1S/C16H13F2N5O3/c1-23-11(4-5-19-23)15(24)20-10-7-25-12-6-8(2-3-9(10)12)14-21-16(13(17)18)26-22-14/h2-6,10,13H,7H2,1H3,(H,20,24). The van der Waals surface area contributed by atoms with E-state index in [0.717, 1.165) is 5.56 Å². The Hall–Kier alpha value is -3.30. The van der Waals surface area contributed by atoms with Crippen LogP contribution in [0.1, 0.15) is 34.4 Å². The summed E-state index contributed by atoms with van der Waals surface area (Å²) in [5.74, 6) is -0.423. The number of aromatic nitrogens is 4. The van der Waals surface area contributed by atoms with Crippen molar-refractivity contribution in [1.29, 1.82) is 0 Å². The first-order chi connectivity index (χ1) is 12.5. The van der Waals surface area contributed by atoms with Crippen LogP contribution in [-0.4, -0.2) is 32.4 Å². The normalized spacial score (nSPS) is 15.8. The Balaban J connectivity index is 1.54. The van der Waals surface area contributed by atoms with Crippen LogP contribution in [0.4, 0.5) is 8.78 Å². The van der Waals surface area contributed by atoms with E-state index >= 15 is 0 Å². The minimum Gasteiger partial charge on any atom is -0.491 e. The summed E-state index contributed by atoms with van der Waals surface area (Å²) in [6.45, 7) is 0.261. The van der Waals surface area contributed by atoms with Crippen molar-refractivity contribution in [1.82, 2.24) is 25.2 Å². The topological polar surface area (TPSA) is 95.1 Å². The van der Waals surface area contributed by atoms with Crippen LogP contribution in [0.5, 0.6) is 5.75 Å². The van der Waals surface area contributed by atoms with Gasteiger partial charge in [-0.2, -0.15) is 18.9 Å². The van der Waals surface area contributed by atoms with Crippen molar-refractivity contribution in [3.05, 3.63) is 47.6 Å². The van der Waals surface area contributed by atoms with Gasteiger partial charge in [-0.1, -0.05) is 17.3 Å². The zero-order valence-electron chi connectivity index (χ0n) is 13.5. The summed E-state index contributed by atoms with van der Waals surface area (Å²) in [6, 6.07) is 6.32. The van der Waals surface area contributed by atoms with Crippen molar-refractivity contribution in [3.63, 3.8) is 0 Å². The van der Waals surface area contributed by atoms with Crippen molar-refractivity contribution in [3.8, 4) is 17.1 Å². The maximum atomic E-state index is 12.6. The average molecular weight is 361 g/mol. The van der Waals surface area contributed by atoms with Crippen LogP contribution in [0.25, 0.3) is 11.4 Å². The van der Waals surface area contributed by atoms with Crippen molar-refractivity contribution < 1.29 is 22.8 Å². The summed E-state index contributed by atoms with van der Waals surface area (Å²) in [5.41, 5.74) is 1.70. The predicted octanol–water partition coefficient (Wildman–Crippen LogP) is 2.27. The van der Waals surface area contributed by atoms with Crippen LogP contribution < -0.4 is 10.1 Å². The minimum absolute atomic E-state index is 0.0501. The Bertz CT molecular complexity index is 968. The molecule has 26 heavy (non-hydrogen) atoms. The average Bonchev–Trinajstić information content (AvgIpc) is 3.34. The summed E-state index contributed by atoms with van der Waals surface area (Å²) < 4.78 is 36.7. The maximum Gasteiger partial charge on any atom is 0.315 e. The lowest BCUT2D eigenvalue weighted by Crippen LogP contribution is -2.30. The fourth-order valence-corrected chi connectivity index (χ4v) is 2.74. The number of carbonyl (C=O) groups excluding carboxylic acids is 1. The number of nitrogens with one attached hydrogen (secondary N) is 1. The number of nitrogens with zero attached hydrogens (tertiary/aromatic N) is 4. The number of carbonyl (C=O) groups is 1. The first-order valence-electron chi connectivity index (χ1n) is 7.70. The third-order valence-electron chi connectivity index (χ3n) is 4.04. The first-order valence-corrected chi connectivity index (χ1v) is 7.70. The van der Waals surface area contributed by atoms with E-state index in [1.807, 2.05) is 0 Å². The molecule has 0 radical (unpaired) electrons. The molecule has 0 fully saturated rings. The zero-order valence-corrected chi connectivity index (χ0v) is 13.5. The molecule has 0 bridgehead atoms. The van der Waals surface area contributed by atoms with E-state index in [9.17, 15) is 13.6 Å². The number of aryl methyl sites for hydroxylation is 1. The number of alkyl halides is 2. The van der Waals surface area contributed by atoms with E-state index in [1.165, 1.54) is 4.68 Å². The van der Waals surface area contributed by atoms with Crippen molar-refractivity contribution in [2.24, 2.45) is 7.05 Å². The van der Waals surface area contributed by atoms with Gasteiger partial charge in [-0.15, -0.1) is 0 Å². The second-order valence-corrected chi connectivity index (χ2v) is 5.69. The highest BCUT2D eigenvalue weighted by molar-refractivity contribution is 5.92. The summed E-state index contributed by atoms with van der Waals surface area (Å²) in [6.07, 6.45) is -1.28. The van der Waals surface area contributed by atoms with Crippen LogP contribution in [0.3, 0.4) is 0 Å². The van der Waals surface area contributed by atoms with Crippen molar-refractivity contribution in [2.45, 2.75) is 12.5 Å². The molecule has 1 amide bonds. The van der Waals surface area contributed by atoms with E-state index < -0.39 is 12.3 Å². The predicted molar refractivity (Wildman–Crippen MR) is 83.6 cm³/mol. The second-order valence-electron chi connectivity index (χ2n) is 5.69. The molecule has 2 aromatic heterocycles. The summed E-state index contributed by atoms with van der Waals surface area (Å²) >= 11 is 0. The molecule has 1 unspecified atom stereocenters. The first kappa shape index (κ1) is 16.2. The van der Waals surface area contributed by atoms with Gasteiger partial charge in [0.25, 0.3) is 11.8 Å². The van der Waals surface area contributed by atoms with E-state index in [2.05, 4.69) is 25.1 Å². The van der Waals surface area contributed by atoms with Crippen LogP contribution in [0.15, 0.2) is 35.0 Å². The molecule has 0 saturated heterocycles. The molecule has 10 heteroatoms. The lowest BCUT2D eigenvalue weighted by Gasteiger charge is -2.11. The molecular formula is C16H13F2N5O3. The molecule has 1 aromatic carbocycles. The molecule has 1 aliphatic rings. The van der Waals surface area contributed by atoms with Crippen LogP contribution in [-0.2, 0) is 7.05 Å². The number of rotatable bonds is 4. The van der Waals surface area contributed by atoms with E-state index in [4.69, 9.17) is 4.74 Å². The lowest BCUT2D eigenvalue weighted by atomic mass is 10.1. The Kier molecular flexibility index (Phi) is 3.86. The second kappa shape index (κ2) is 6.21. The molecule has 4 rings (SSSR count). The Morgan fingerprint density at radius 2 is 2.23 bits per heavy atom. The molecule has 3 heterocycles. The number of hydrogen-bond acceptors (Lipinski definition) is 6. The smallest absolute Gasteiger partial charge is 0.315 e. The molecular weight excluding hydrogens is 348 g/mol. The van der Waals surface area contributed by atoms with Gasteiger partial charge in [0.15, 0.2) is 0 Å². The molecule has 8 nitrogen and oxygen atoms in total. The number of ether oxygens (including phenoxy) is 1. The highest BCUT2D eigenvalue weighted by Crippen LogP contribution is 2.35. The number of fused-ring (bicyclic) bond motifs is 1. The third-order valence-corrected chi connectivity index (χ3v) is 4.04. The molecule has 3 aromatic rings. The van der Waals surface area contributed by atoms with E-state index in [-0.39, 0.29) is 24.4 Å². The van der Waals surface area contributed by atoms with E-state index in [1.54, 1.807) is 37.5 Å². The molecule has 1 aliphatic heterocycles. The third kappa shape index (κ3) is 2.79. The Labute approximate surface area is 145 Å². The molecule has 0 spiro atoms. The van der Waals surface area contributed by atoms with Crippen molar-refractivity contribution in [2.75, 3.05) is 6.61 Å². The van der Waals surface area contributed by atoms with E-state index in [0.29, 0.717) is 17.0 Å². The summed E-state index contributed by atoms with van der Waals surface area (Å²) in [5, 5.41) is 10.4. The van der Waals surface area contributed by atoms with Crippen molar-refractivity contribution >= 4 is 5.91 Å². The minimum atomic E-state index is -2.83. The van der Waals surface area contributed by atoms with Gasteiger partial charge in [0, 0.05) is 24.4 Å². The van der Waals surface area contributed by atoms with Gasteiger partial charge in [0.2, 0.25) is 5.82 Å². The monoisotopic (exact) mass is 361 g/mol. The van der Waals surface area contributed by atoms with Crippen LogP contribution >= 0.6 is 0 Å². The highest BCUT2D eigenvalue weighted by atomic mass is 19.3. The quantitative estimate of drug-likeness (QED) is 0.766. The fourth-order valence-electron chi connectivity index (χ4n) is 2.74. The largest absolute Gasteiger partial charge is 0.491 e. The number of halogens is 2. The Morgan fingerprint density at radius 3 is 2.92 bits per heavy atom. The number of hydrogen-bond donors (Lipinski definition) is 1. The lowest BCUT2D eigenvalue weighted by molar-refractivity contribution is 0.0920. The van der Waals surface area contributed by atoms with Gasteiger partial charge in [-0.25, -0.2) is 0 Å². The highest BCUT2D eigenvalue weighted by Gasteiger charge is 2.28.